The highest BCUT2D eigenvalue weighted by Crippen LogP contribution is 2.18. The summed E-state index contributed by atoms with van der Waals surface area (Å²) in [4.78, 5) is 14.7. The van der Waals surface area contributed by atoms with Gasteiger partial charge in [-0.05, 0) is 58.2 Å². The quantitative estimate of drug-likeness (QED) is 0.716. The molecule has 0 spiro atoms. The summed E-state index contributed by atoms with van der Waals surface area (Å²) in [5, 5.41) is 6.61. The molecule has 20 heavy (non-hydrogen) atoms. The van der Waals surface area contributed by atoms with E-state index in [0.29, 0.717) is 12.0 Å². The highest BCUT2D eigenvalue weighted by atomic mass is 16.2. The molecule has 118 valence electrons. The van der Waals surface area contributed by atoms with Gasteiger partial charge in [0, 0.05) is 12.6 Å². The largest absolute Gasteiger partial charge is 0.352 e. The number of hydrogen-bond donors (Lipinski definition) is 2. The Hall–Kier alpha value is -0.610. The molecule has 0 aromatic rings. The third-order valence-corrected chi connectivity index (χ3v) is 4.49. The first kappa shape index (κ1) is 17.4. The second kappa shape index (κ2) is 9.35. The minimum Gasteiger partial charge on any atom is -0.352 e. The number of rotatable bonds is 8. The lowest BCUT2D eigenvalue weighted by Crippen LogP contribution is -2.51. The molecular weight excluding hydrogens is 250 g/mol. The normalized spacial score (nSPS) is 21.9. The van der Waals surface area contributed by atoms with E-state index in [4.69, 9.17) is 0 Å². The summed E-state index contributed by atoms with van der Waals surface area (Å²) >= 11 is 0. The molecule has 0 aliphatic carbocycles. The minimum atomic E-state index is 0.0000246. The van der Waals surface area contributed by atoms with Crippen molar-refractivity contribution in [1.29, 1.82) is 0 Å². The maximum absolute atomic E-state index is 12.3. The maximum atomic E-state index is 12.3. The van der Waals surface area contributed by atoms with Gasteiger partial charge in [0.2, 0.25) is 5.91 Å². The number of nitrogens with one attached hydrogen (secondary N) is 2. The molecular formula is C16H33N3O. The van der Waals surface area contributed by atoms with Crippen LogP contribution in [0.3, 0.4) is 0 Å². The zero-order chi connectivity index (χ0) is 15.0. The smallest absolute Gasteiger partial charge is 0.237 e. The third-order valence-electron chi connectivity index (χ3n) is 4.49. The van der Waals surface area contributed by atoms with E-state index in [9.17, 15) is 4.79 Å². The molecule has 4 nitrogen and oxygen atoms in total. The van der Waals surface area contributed by atoms with E-state index in [2.05, 4.69) is 36.3 Å². The monoisotopic (exact) mass is 283 g/mol. The van der Waals surface area contributed by atoms with Crippen LogP contribution in [0.2, 0.25) is 0 Å². The first-order chi connectivity index (χ1) is 9.62. The lowest BCUT2D eigenvalue weighted by atomic mass is 9.96. The Morgan fingerprint density at radius 2 is 2.00 bits per heavy atom. The summed E-state index contributed by atoms with van der Waals surface area (Å²) in [5.74, 6) is 0.884. The molecule has 0 aromatic heterocycles. The minimum absolute atomic E-state index is 0.0000246. The number of carbonyl (C=O) groups is 1. The topological polar surface area (TPSA) is 44.4 Å². The summed E-state index contributed by atoms with van der Waals surface area (Å²) in [7, 11) is 0. The average molecular weight is 283 g/mol. The van der Waals surface area contributed by atoms with E-state index >= 15 is 0 Å². The van der Waals surface area contributed by atoms with E-state index in [1.54, 1.807) is 0 Å². The van der Waals surface area contributed by atoms with Gasteiger partial charge in [0.15, 0.2) is 0 Å². The van der Waals surface area contributed by atoms with Crippen LogP contribution < -0.4 is 10.6 Å². The molecule has 1 heterocycles. The lowest BCUT2D eigenvalue weighted by Gasteiger charge is -2.36. The molecule has 0 radical (unpaired) electrons. The van der Waals surface area contributed by atoms with Gasteiger partial charge < -0.3 is 10.6 Å². The Bertz CT molecular complexity index is 279. The molecule has 4 heteroatoms. The van der Waals surface area contributed by atoms with E-state index < -0.39 is 0 Å². The molecule has 1 aliphatic rings. The van der Waals surface area contributed by atoms with Crippen molar-refractivity contribution in [3.8, 4) is 0 Å². The van der Waals surface area contributed by atoms with Crippen LogP contribution >= 0.6 is 0 Å². The van der Waals surface area contributed by atoms with Gasteiger partial charge in [-0.15, -0.1) is 0 Å². The van der Waals surface area contributed by atoms with Crippen LogP contribution in [0, 0.1) is 5.92 Å². The molecule has 0 saturated carbocycles. The standard InChI is InChI=1S/C16H33N3O/c1-5-15(6-2)18-16(20)13(4)19-10-8-9-14(12-19)11-17-7-3/h13-15,17H,5-12H2,1-4H3,(H,18,20). The van der Waals surface area contributed by atoms with Crippen molar-refractivity contribution in [2.24, 2.45) is 5.92 Å². The fraction of sp³-hybridized carbons (Fsp3) is 0.938. The van der Waals surface area contributed by atoms with Gasteiger partial charge in [-0.1, -0.05) is 20.8 Å². The van der Waals surface area contributed by atoms with E-state index in [1.165, 1.54) is 12.8 Å². The molecule has 1 amide bonds. The summed E-state index contributed by atoms with van der Waals surface area (Å²) in [6.07, 6.45) is 4.51. The fourth-order valence-electron chi connectivity index (χ4n) is 2.94. The zero-order valence-electron chi connectivity index (χ0n) is 13.7. The number of carbonyl (C=O) groups excluding carboxylic acids is 1. The SMILES string of the molecule is CCNCC1CCCN(C(C)C(=O)NC(CC)CC)C1. The van der Waals surface area contributed by atoms with E-state index in [-0.39, 0.29) is 11.9 Å². The lowest BCUT2D eigenvalue weighted by molar-refractivity contribution is -0.127. The molecule has 1 aliphatic heterocycles. The highest BCUT2D eigenvalue weighted by Gasteiger charge is 2.27. The molecule has 0 aromatic carbocycles. The molecule has 2 N–H and O–H groups in total. The molecule has 1 saturated heterocycles. The van der Waals surface area contributed by atoms with Crippen LogP contribution in [0.5, 0.6) is 0 Å². The zero-order valence-corrected chi connectivity index (χ0v) is 13.7. The predicted octanol–water partition coefficient (Wildman–Crippen LogP) is 2.00. The van der Waals surface area contributed by atoms with Crippen molar-refractivity contribution in [3.63, 3.8) is 0 Å². The average Bonchev–Trinajstić information content (AvgIpc) is 2.49. The van der Waals surface area contributed by atoms with Crippen LogP contribution in [0.15, 0.2) is 0 Å². The van der Waals surface area contributed by atoms with Crippen LogP contribution in [-0.4, -0.2) is 49.1 Å². The second-order valence-corrected chi connectivity index (χ2v) is 6.01. The van der Waals surface area contributed by atoms with Crippen LogP contribution in [-0.2, 0) is 4.79 Å². The Labute approximate surface area is 124 Å². The van der Waals surface area contributed by atoms with Gasteiger partial charge in [0.1, 0.15) is 0 Å². The number of nitrogens with zero attached hydrogens (tertiary/aromatic N) is 1. The number of likely N-dealkylation sites (tertiary alicyclic amines) is 1. The van der Waals surface area contributed by atoms with Gasteiger partial charge in [-0.2, -0.15) is 0 Å². The first-order valence-corrected chi connectivity index (χ1v) is 8.37. The summed E-state index contributed by atoms with van der Waals surface area (Å²) in [6.45, 7) is 12.7. The van der Waals surface area contributed by atoms with Crippen molar-refractivity contribution in [1.82, 2.24) is 15.5 Å². The Balaban J connectivity index is 2.44. The van der Waals surface area contributed by atoms with Gasteiger partial charge in [-0.25, -0.2) is 0 Å². The third kappa shape index (κ3) is 5.41. The molecule has 1 rings (SSSR count). The van der Waals surface area contributed by atoms with Gasteiger partial charge in [-0.3, -0.25) is 9.69 Å². The first-order valence-electron chi connectivity index (χ1n) is 8.37. The van der Waals surface area contributed by atoms with E-state index in [0.717, 1.165) is 39.0 Å². The maximum Gasteiger partial charge on any atom is 0.237 e. The van der Waals surface area contributed by atoms with Crippen molar-refractivity contribution < 1.29 is 4.79 Å². The van der Waals surface area contributed by atoms with E-state index in [1.807, 2.05) is 6.92 Å². The van der Waals surface area contributed by atoms with Crippen molar-refractivity contribution in [3.05, 3.63) is 0 Å². The van der Waals surface area contributed by atoms with Crippen LogP contribution in [0.1, 0.15) is 53.4 Å². The number of piperidine rings is 1. The fourth-order valence-corrected chi connectivity index (χ4v) is 2.94. The highest BCUT2D eigenvalue weighted by molar-refractivity contribution is 5.81. The Morgan fingerprint density at radius 3 is 2.60 bits per heavy atom. The van der Waals surface area contributed by atoms with Gasteiger partial charge in [0.25, 0.3) is 0 Å². The predicted molar refractivity (Wildman–Crippen MR) is 84.8 cm³/mol. The van der Waals surface area contributed by atoms with Crippen molar-refractivity contribution in [2.75, 3.05) is 26.2 Å². The van der Waals surface area contributed by atoms with Crippen LogP contribution in [0.4, 0.5) is 0 Å². The summed E-state index contributed by atoms with van der Waals surface area (Å²) < 4.78 is 0. The Kier molecular flexibility index (Phi) is 8.15. The molecule has 2 atom stereocenters. The van der Waals surface area contributed by atoms with Gasteiger partial charge in [0.05, 0.1) is 6.04 Å². The summed E-state index contributed by atoms with van der Waals surface area (Å²) in [6, 6.07) is 0.326. The van der Waals surface area contributed by atoms with Gasteiger partial charge >= 0.3 is 0 Å². The molecule has 0 bridgehead atoms. The second-order valence-electron chi connectivity index (χ2n) is 6.01. The number of amides is 1. The molecule has 1 fully saturated rings. The number of hydrogen-bond acceptors (Lipinski definition) is 3. The van der Waals surface area contributed by atoms with Crippen molar-refractivity contribution >= 4 is 5.91 Å². The summed E-state index contributed by atoms with van der Waals surface area (Å²) in [5.41, 5.74) is 0. The van der Waals surface area contributed by atoms with Crippen molar-refractivity contribution in [2.45, 2.75) is 65.5 Å². The molecule has 2 unspecified atom stereocenters. The van der Waals surface area contributed by atoms with Crippen LogP contribution in [0.25, 0.3) is 0 Å². The Morgan fingerprint density at radius 1 is 1.30 bits per heavy atom.